The lowest BCUT2D eigenvalue weighted by Gasteiger charge is -2.09. The number of benzene rings is 1. The second-order valence-corrected chi connectivity index (χ2v) is 5.65. The van der Waals surface area contributed by atoms with E-state index in [0.29, 0.717) is 28.7 Å². The Hall–Kier alpha value is -3.55. The van der Waals surface area contributed by atoms with Gasteiger partial charge in [-0.15, -0.1) is 0 Å². The highest BCUT2D eigenvalue weighted by Crippen LogP contribution is 2.21. The van der Waals surface area contributed by atoms with Gasteiger partial charge in [0, 0.05) is 25.4 Å². The number of rotatable bonds is 7. The van der Waals surface area contributed by atoms with Gasteiger partial charge in [0.1, 0.15) is 5.82 Å². The van der Waals surface area contributed by atoms with Gasteiger partial charge in [0.05, 0.1) is 23.0 Å². The molecular formula is C18H16N4O4. The second kappa shape index (κ2) is 7.14. The van der Waals surface area contributed by atoms with E-state index in [0.717, 1.165) is 5.52 Å². The molecule has 0 saturated heterocycles. The molecule has 2 N–H and O–H groups in total. The Morgan fingerprint density at radius 2 is 2.12 bits per heavy atom. The number of nitrogens with one attached hydrogen (secondary N) is 1. The van der Waals surface area contributed by atoms with Crippen molar-refractivity contribution in [1.29, 1.82) is 0 Å². The summed E-state index contributed by atoms with van der Waals surface area (Å²) in [6, 6.07) is 8.28. The molecule has 0 aliphatic rings. The van der Waals surface area contributed by atoms with Crippen LogP contribution in [0, 0.1) is 0 Å². The lowest BCUT2D eigenvalue weighted by atomic mass is 10.0. The topological polar surface area (TPSA) is 114 Å². The van der Waals surface area contributed by atoms with Crippen molar-refractivity contribution in [3.05, 3.63) is 53.5 Å². The van der Waals surface area contributed by atoms with Crippen LogP contribution in [-0.4, -0.2) is 44.2 Å². The number of hydrogen-bond donors (Lipinski definition) is 2. The maximum atomic E-state index is 12.9. The van der Waals surface area contributed by atoms with Gasteiger partial charge in [-0.3, -0.25) is 14.4 Å². The first-order chi connectivity index (χ1) is 12.5. The van der Waals surface area contributed by atoms with Crippen LogP contribution in [0.2, 0.25) is 0 Å². The van der Waals surface area contributed by atoms with E-state index in [9.17, 15) is 14.4 Å². The number of aldehydes is 1. The second-order valence-electron chi connectivity index (χ2n) is 5.65. The molecular weight excluding hydrogens is 336 g/mol. The number of carboxylic acids is 1. The normalized spacial score (nSPS) is 10.7. The molecule has 0 spiro atoms. The Balaban J connectivity index is 1.93. The highest BCUT2D eigenvalue weighted by molar-refractivity contribution is 6.13. The molecule has 132 valence electrons. The number of pyridine rings is 1. The van der Waals surface area contributed by atoms with Crippen molar-refractivity contribution in [2.24, 2.45) is 7.05 Å². The predicted molar refractivity (Wildman–Crippen MR) is 94.5 cm³/mol. The largest absolute Gasteiger partial charge is 0.481 e. The van der Waals surface area contributed by atoms with Gasteiger partial charge in [0.2, 0.25) is 0 Å². The molecule has 0 amide bonds. The molecule has 8 nitrogen and oxygen atoms in total. The number of carboxylic acid groups (broad SMARTS) is 1. The van der Waals surface area contributed by atoms with Gasteiger partial charge in [-0.1, -0.05) is 0 Å². The number of nitrogens with zero attached hydrogens (tertiary/aromatic N) is 3. The van der Waals surface area contributed by atoms with Crippen LogP contribution in [0.5, 0.6) is 0 Å². The van der Waals surface area contributed by atoms with E-state index in [4.69, 9.17) is 5.11 Å². The number of aliphatic carboxylic acids is 1. The first kappa shape index (κ1) is 17.3. The molecule has 0 bridgehead atoms. The van der Waals surface area contributed by atoms with Crippen LogP contribution in [0.4, 0.5) is 5.82 Å². The number of aromatic nitrogens is 3. The van der Waals surface area contributed by atoms with E-state index in [2.05, 4.69) is 15.3 Å². The van der Waals surface area contributed by atoms with Crippen LogP contribution in [0.1, 0.15) is 33.0 Å². The molecule has 0 unspecified atom stereocenters. The maximum absolute atomic E-state index is 12.9. The standard InChI is InChI=1S/C18H16N4O4/c1-22-14-5-4-11(9-13(14)21-15(22)10-23)17(26)12-3-2-7-19-18(12)20-8-6-16(24)25/h2-5,7,9-10H,6,8H2,1H3,(H,19,20)(H,24,25). The lowest BCUT2D eigenvalue weighted by Crippen LogP contribution is -2.13. The van der Waals surface area contributed by atoms with Crippen LogP contribution >= 0.6 is 0 Å². The Morgan fingerprint density at radius 3 is 2.85 bits per heavy atom. The highest BCUT2D eigenvalue weighted by atomic mass is 16.4. The van der Waals surface area contributed by atoms with E-state index in [1.165, 1.54) is 6.20 Å². The third-order valence-corrected chi connectivity index (χ3v) is 3.97. The monoisotopic (exact) mass is 352 g/mol. The number of ketones is 1. The summed E-state index contributed by atoms with van der Waals surface area (Å²) in [4.78, 5) is 42.9. The van der Waals surface area contributed by atoms with Gasteiger partial charge in [-0.05, 0) is 30.3 Å². The third kappa shape index (κ3) is 3.30. The van der Waals surface area contributed by atoms with E-state index in [-0.39, 0.29) is 24.6 Å². The minimum absolute atomic E-state index is 0.0848. The molecule has 3 rings (SSSR count). The molecule has 2 heterocycles. The number of imidazole rings is 1. The zero-order chi connectivity index (χ0) is 18.7. The van der Waals surface area contributed by atoms with Crippen LogP contribution < -0.4 is 5.32 Å². The zero-order valence-electron chi connectivity index (χ0n) is 14.0. The van der Waals surface area contributed by atoms with E-state index < -0.39 is 5.97 Å². The van der Waals surface area contributed by atoms with E-state index in [1.54, 1.807) is 41.9 Å². The van der Waals surface area contributed by atoms with Crippen LogP contribution in [0.15, 0.2) is 36.5 Å². The molecule has 0 saturated carbocycles. The number of hydrogen-bond acceptors (Lipinski definition) is 6. The Labute approximate surface area is 148 Å². The molecule has 0 aliphatic carbocycles. The summed E-state index contributed by atoms with van der Waals surface area (Å²) in [6.07, 6.45) is 2.10. The van der Waals surface area contributed by atoms with Crippen molar-refractivity contribution >= 4 is 34.9 Å². The fourth-order valence-electron chi connectivity index (χ4n) is 2.64. The summed E-state index contributed by atoms with van der Waals surface area (Å²) in [5, 5.41) is 11.6. The van der Waals surface area contributed by atoms with E-state index >= 15 is 0 Å². The number of aryl methyl sites for hydroxylation is 1. The number of carbonyl (C=O) groups excluding carboxylic acids is 2. The molecule has 3 aromatic rings. The van der Waals surface area contributed by atoms with Gasteiger partial charge >= 0.3 is 5.97 Å². The van der Waals surface area contributed by atoms with Gasteiger partial charge in [-0.2, -0.15) is 0 Å². The predicted octanol–water partition coefficient (Wildman–Crippen LogP) is 1.90. The fraction of sp³-hybridized carbons (Fsp3) is 0.167. The zero-order valence-corrected chi connectivity index (χ0v) is 14.0. The van der Waals surface area contributed by atoms with Crippen molar-refractivity contribution in [1.82, 2.24) is 14.5 Å². The lowest BCUT2D eigenvalue weighted by molar-refractivity contribution is -0.136. The molecule has 8 heteroatoms. The molecule has 26 heavy (non-hydrogen) atoms. The maximum Gasteiger partial charge on any atom is 0.305 e. The quantitative estimate of drug-likeness (QED) is 0.493. The summed E-state index contributed by atoms with van der Waals surface area (Å²) in [7, 11) is 1.73. The SMILES string of the molecule is Cn1c(C=O)nc2cc(C(=O)c3cccnc3NCCC(=O)O)ccc21. The Kier molecular flexibility index (Phi) is 4.74. The molecule has 0 aliphatic heterocycles. The van der Waals surface area contributed by atoms with Crippen molar-refractivity contribution in [2.75, 3.05) is 11.9 Å². The molecule has 0 atom stereocenters. The van der Waals surface area contributed by atoms with Crippen molar-refractivity contribution in [2.45, 2.75) is 6.42 Å². The molecule has 1 aromatic carbocycles. The number of carbonyl (C=O) groups is 3. The van der Waals surface area contributed by atoms with Crippen LogP contribution in [-0.2, 0) is 11.8 Å². The Morgan fingerprint density at radius 1 is 1.31 bits per heavy atom. The highest BCUT2D eigenvalue weighted by Gasteiger charge is 2.16. The van der Waals surface area contributed by atoms with Crippen molar-refractivity contribution in [3.63, 3.8) is 0 Å². The summed E-state index contributed by atoms with van der Waals surface area (Å²) in [5.74, 6) is -0.598. The summed E-state index contributed by atoms with van der Waals surface area (Å²) in [5.41, 5.74) is 2.03. The van der Waals surface area contributed by atoms with Crippen molar-refractivity contribution in [3.8, 4) is 0 Å². The molecule has 0 radical (unpaired) electrons. The fourth-order valence-corrected chi connectivity index (χ4v) is 2.64. The van der Waals surface area contributed by atoms with Gasteiger partial charge in [-0.25, -0.2) is 9.97 Å². The Bertz CT molecular complexity index is 1010. The third-order valence-electron chi connectivity index (χ3n) is 3.97. The molecule has 0 fully saturated rings. The smallest absolute Gasteiger partial charge is 0.305 e. The van der Waals surface area contributed by atoms with Gasteiger partial charge in [0.15, 0.2) is 17.9 Å². The average molecular weight is 352 g/mol. The summed E-state index contributed by atoms with van der Waals surface area (Å²) >= 11 is 0. The first-order valence-electron chi connectivity index (χ1n) is 7.88. The van der Waals surface area contributed by atoms with Crippen molar-refractivity contribution < 1.29 is 19.5 Å². The number of fused-ring (bicyclic) bond motifs is 1. The molecule has 2 aromatic heterocycles. The first-order valence-corrected chi connectivity index (χ1v) is 7.88. The van der Waals surface area contributed by atoms with Crippen LogP contribution in [0.3, 0.4) is 0 Å². The van der Waals surface area contributed by atoms with Gasteiger partial charge in [0.25, 0.3) is 0 Å². The minimum atomic E-state index is -0.937. The summed E-state index contributed by atoms with van der Waals surface area (Å²) < 4.78 is 1.65. The van der Waals surface area contributed by atoms with Gasteiger partial charge < -0.3 is 15.0 Å². The minimum Gasteiger partial charge on any atom is -0.481 e. The van der Waals surface area contributed by atoms with E-state index in [1.807, 2.05) is 0 Å². The summed E-state index contributed by atoms with van der Waals surface area (Å²) in [6.45, 7) is 0.161. The van der Waals surface area contributed by atoms with Crippen LogP contribution in [0.25, 0.3) is 11.0 Å². The average Bonchev–Trinajstić information content (AvgIpc) is 2.96. The number of anilines is 1.